The van der Waals surface area contributed by atoms with Gasteiger partial charge in [0.05, 0.1) is 0 Å². The Kier molecular flexibility index (Phi) is 4.49. The van der Waals surface area contributed by atoms with E-state index in [1.165, 1.54) is 0 Å². The van der Waals surface area contributed by atoms with Crippen LogP contribution in [0.1, 0.15) is 13.8 Å². The highest BCUT2D eigenvalue weighted by molar-refractivity contribution is 6.30. The summed E-state index contributed by atoms with van der Waals surface area (Å²) in [5.41, 5.74) is 0.660. The highest BCUT2D eigenvalue weighted by atomic mass is 35.5. The Morgan fingerprint density at radius 2 is 2.05 bits per heavy atom. The summed E-state index contributed by atoms with van der Waals surface area (Å²) in [4.78, 5) is 25.8. The second kappa shape index (κ2) is 6.13. The zero-order valence-electron chi connectivity index (χ0n) is 11.5. The lowest BCUT2D eigenvalue weighted by Gasteiger charge is -2.37. The first-order valence-electron chi connectivity index (χ1n) is 6.60. The van der Waals surface area contributed by atoms with Crippen molar-refractivity contribution in [2.24, 2.45) is 5.92 Å². The number of nitrogens with one attached hydrogen (secondary N) is 2. The number of carbonyl (C=O) groups is 2. The van der Waals surface area contributed by atoms with Gasteiger partial charge in [0.15, 0.2) is 0 Å². The van der Waals surface area contributed by atoms with E-state index >= 15 is 0 Å². The summed E-state index contributed by atoms with van der Waals surface area (Å²) < 4.78 is 0. The van der Waals surface area contributed by atoms with Crippen molar-refractivity contribution in [1.29, 1.82) is 0 Å². The largest absolute Gasteiger partial charge is 0.353 e. The minimum absolute atomic E-state index is 0.0614. The minimum Gasteiger partial charge on any atom is -0.353 e. The molecular weight excluding hydrogens is 278 g/mol. The van der Waals surface area contributed by atoms with Crippen molar-refractivity contribution < 1.29 is 9.59 Å². The highest BCUT2D eigenvalue weighted by Crippen LogP contribution is 2.18. The van der Waals surface area contributed by atoms with Crippen LogP contribution in [0.25, 0.3) is 0 Å². The standard InChI is InChI=1S/C14H18ClN3O2/c1-9(2)12-13(19)16-7-8-18(12)14(20)17-11-5-3-10(15)4-6-11/h3-6,9,12H,7-8H2,1-2H3,(H,16,19)(H,17,20). The molecule has 2 N–H and O–H groups in total. The Labute approximate surface area is 123 Å². The van der Waals surface area contributed by atoms with E-state index in [9.17, 15) is 9.59 Å². The van der Waals surface area contributed by atoms with Gasteiger partial charge in [0.25, 0.3) is 0 Å². The van der Waals surface area contributed by atoms with E-state index in [1.54, 1.807) is 29.2 Å². The predicted molar refractivity (Wildman–Crippen MR) is 78.8 cm³/mol. The van der Waals surface area contributed by atoms with Crippen molar-refractivity contribution in [2.75, 3.05) is 18.4 Å². The normalized spacial score (nSPS) is 18.9. The Morgan fingerprint density at radius 3 is 2.65 bits per heavy atom. The highest BCUT2D eigenvalue weighted by Gasteiger charge is 2.35. The van der Waals surface area contributed by atoms with Crippen LogP contribution >= 0.6 is 11.6 Å². The molecule has 3 amide bonds. The van der Waals surface area contributed by atoms with Crippen molar-refractivity contribution in [3.63, 3.8) is 0 Å². The SMILES string of the molecule is CC(C)C1C(=O)NCCN1C(=O)Nc1ccc(Cl)cc1. The van der Waals surface area contributed by atoms with E-state index in [1.807, 2.05) is 13.8 Å². The van der Waals surface area contributed by atoms with Crippen LogP contribution in [0.2, 0.25) is 5.02 Å². The van der Waals surface area contributed by atoms with Crippen LogP contribution in [0.3, 0.4) is 0 Å². The molecule has 6 heteroatoms. The molecule has 1 atom stereocenters. The van der Waals surface area contributed by atoms with E-state index in [-0.39, 0.29) is 17.9 Å². The molecule has 1 heterocycles. The number of benzene rings is 1. The minimum atomic E-state index is -0.434. The smallest absolute Gasteiger partial charge is 0.322 e. The number of amides is 3. The van der Waals surface area contributed by atoms with Gasteiger partial charge in [-0.15, -0.1) is 0 Å². The number of carbonyl (C=O) groups excluding carboxylic acids is 2. The molecule has 0 spiro atoms. The molecule has 1 saturated heterocycles. The van der Waals surface area contributed by atoms with Crippen LogP contribution in [-0.4, -0.2) is 36.0 Å². The van der Waals surface area contributed by atoms with Crippen molar-refractivity contribution >= 4 is 29.2 Å². The lowest BCUT2D eigenvalue weighted by molar-refractivity contribution is -0.129. The third-order valence-electron chi connectivity index (χ3n) is 3.24. The van der Waals surface area contributed by atoms with Gasteiger partial charge < -0.3 is 15.5 Å². The molecule has 1 aliphatic rings. The molecule has 108 valence electrons. The second-order valence-electron chi connectivity index (χ2n) is 5.11. The van der Waals surface area contributed by atoms with Gasteiger partial charge in [-0.2, -0.15) is 0 Å². The molecule has 0 aliphatic carbocycles. The fourth-order valence-electron chi connectivity index (χ4n) is 2.30. The van der Waals surface area contributed by atoms with Gasteiger partial charge in [-0.25, -0.2) is 4.79 Å². The summed E-state index contributed by atoms with van der Waals surface area (Å²) in [6, 6.07) is 6.18. The summed E-state index contributed by atoms with van der Waals surface area (Å²) in [6.07, 6.45) is 0. The van der Waals surface area contributed by atoms with Crippen molar-refractivity contribution in [2.45, 2.75) is 19.9 Å². The van der Waals surface area contributed by atoms with Crippen molar-refractivity contribution in [3.8, 4) is 0 Å². The number of piperazine rings is 1. The molecule has 0 radical (unpaired) electrons. The zero-order chi connectivity index (χ0) is 14.7. The lowest BCUT2D eigenvalue weighted by Crippen LogP contribution is -2.60. The number of hydrogen-bond donors (Lipinski definition) is 2. The molecule has 1 aromatic rings. The molecular formula is C14H18ClN3O2. The van der Waals surface area contributed by atoms with Gasteiger partial charge in [0.2, 0.25) is 5.91 Å². The monoisotopic (exact) mass is 295 g/mol. The average Bonchev–Trinajstić information content (AvgIpc) is 2.40. The molecule has 1 aliphatic heterocycles. The fraction of sp³-hybridized carbons (Fsp3) is 0.429. The molecule has 1 unspecified atom stereocenters. The summed E-state index contributed by atoms with van der Waals surface area (Å²) >= 11 is 5.80. The number of urea groups is 1. The summed E-state index contributed by atoms with van der Waals surface area (Å²) in [6.45, 7) is 4.85. The number of anilines is 1. The Balaban J connectivity index is 2.10. The van der Waals surface area contributed by atoms with E-state index in [2.05, 4.69) is 10.6 Å². The molecule has 0 aromatic heterocycles. The van der Waals surface area contributed by atoms with Gasteiger partial charge in [-0.3, -0.25) is 4.79 Å². The van der Waals surface area contributed by atoms with Crippen molar-refractivity contribution in [3.05, 3.63) is 29.3 Å². The number of nitrogens with zero attached hydrogens (tertiary/aromatic N) is 1. The van der Waals surface area contributed by atoms with Crippen LogP contribution in [-0.2, 0) is 4.79 Å². The third kappa shape index (κ3) is 3.22. The summed E-state index contributed by atoms with van der Waals surface area (Å²) in [5, 5.41) is 6.20. The molecule has 20 heavy (non-hydrogen) atoms. The van der Waals surface area contributed by atoms with E-state index < -0.39 is 6.04 Å². The van der Waals surface area contributed by atoms with Gasteiger partial charge in [0, 0.05) is 23.8 Å². The first kappa shape index (κ1) is 14.7. The average molecular weight is 296 g/mol. The molecule has 0 bridgehead atoms. The fourth-order valence-corrected chi connectivity index (χ4v) is 2.43. The van der Waals surface area contributed by atoms with Crippen LogP contribution in [0, 0.1) is 5.92 Å². The predicted octanol–water partition coefficient (Wildman–Crippen LogP) is 2.33. The maximum atomic E-state index is 12.3. The first-order valence-corrected chi connectivity index (χ1v) is 6.97. The number of rotatable bonds is 2. The van der Waals surface area contributed by atoms with Crippen LogP contribution in [0.5, 0.6) is 0 Å². The maximum Gasteiger partial charge on any atom is 0.322 e. The van der Waals surface area contributed by atoms with E-state index in [0.717, 1.165) is 0 Å². The second-order valence-corrected chi connectivity index (χ2v) is 5.55. The van der Waals surface area contributed by atoms with Gasteiger partial charge in [0.1, 0.15) is 6.04 Å². The lowest BCUT2D eigenvalue weighted by atomic mass is 10.00. The number of halogens is 1. The number of hydrogen-bond acceptors (Lipinski definition) is 2. The molecule has 1 fully saturated rings. The van der Waals surface area contributed by atoms with Gasteiger partial charge in [-0.1, -0.05) is 25.4 Å². The third-order valence-corrected chi connectivity index (χ3v) is 3.50. The summed E-state index contributed by atoms with van der Waals surface area (Å²) in [7, 11) is 0. The maximum absolute atomic E-state index is 12.3. The topological polar surface area (TPSA) is 61.4 Å². The Hall–Kier alpha value is -1.75. The van der Waals surface area contributed by atoms with Crippen LogP contribution < -0.4 is 10.6 Å². The van der Waals surface area contributed by atoms with Crippen LogP contribution in [0.4, 0.5) is 10.5 Å². The van der Waals surface area contributed by atoms with Crippen molar-refractivity contribution in [1.82, 2.24) is 10.2 Å². The van der Waals surface area contributed by atoms with E-state index in [4.69, 9.17) is 11.6 Å². The molecule has 2 rings (SSSR count). The summed E-state index contributed by atoms with van der Waals surface area (Å²) in [5.74, 6) is -0.0382. The van der Waals surface area contributed by atoms with Crippen LogP contribution in [0.15, 0.2) is 24.3 Å². The van der Waals surface area contributed by atoms with Gasteiger partial charge in [-0.05, 0) is 30.2 Å². The molecule has 0 saturated carbocycles. The molecule has 5 nitrogen and oxygen atoms in total. The quantitative estimate of drug-likeness (QED) is 0.879. The first-order chi connectivity index (χ1) is 9.49. The Bertz CT molecular complexity index is 502. The van der Waals surface area contributed by atoms with E-state index in [0.29, 0.717) is 23.8 Å². The molecule has 1 aromatic carbocycles. The van der Waals surface area contributed by atoms with Gasteiger partial charge >= 0.3 is 6.03 Å². The zero-order valence-corrected chi connectivity index (χ0v) is 12.3. The Morgan fingerprint density at radius 1 is 1.40 bits per heavy atom.